The highest BCUT2D eigenvalue weighted by Gasteiger charge is 2.30. The van der Waals surface area contributed by atoms with E-state index in [4.69, 9.17) is 14.2 Å². The number of carbonyl (C=O) groups excluding carboxylic acids is 2. The molecule has 0 atom stereocenters. The van der Waals surface area contributed by atoms with Crippen molar-refractivity contribution in [1.29, 1.82) is 0 Å². The van der Waals surface area contributed by atoms with Gasteiger partial charge in [0, 0.05) is 12.1 Å². The van der Waals surface area contributed by atoms with Crippen LogP contribution in [-0.4, -0.2) is 32.6 Å². The van der Waals surface area contributed by atoms with Gasteiger partial charge in [-0.05, 0) is 78.6 Å². The average molecular weight is 549 g/mol. The molecule has 4 aromatic rings. The molecule has 1 N–H and O–H groups in total. The number of benzene rings is 4. The van der Waals surface area contributed by atoms with Crippen LogP contribution in [-0.2, 0) is 17.8 Å². The second kappa shape index (κ2) is 12.4. The smallest absolute Gasteiger partial charge is 0.294 e. The first-order valence-electron chi connectivity index (χ1n) is 13.4. The lowest BCUT2D eigenvalue weighted by Crippen LogP contribution is -2.36. The topological polar surface area (TPSA) is 77.1 Å². The Morgan fingerprint density at radius 1 is 0.927 bits per heavy atom. The van der Waals surface area contributed by atoms with E-state index in [0.717, 1.165) is 39.4 Å². The number of anilines is 1. The highest BCUT2D eigenvalue weighted by Crippen LogP contribution is 2.36. The van der Waals surface area contributed by atoms with Gasteiger partial charge in [0.2, 0.25) is 0 Å². The number of ether oxygens (including phenoxy) is 3. The van der Waals surface area contributed by atoms with Crippen molar-refractivity contribution >= 4 is 23.6 Å². The molecule has 1 heterocycles. The molecule has 1 aliphatic rings. The Bertz CT molecular complexity index is 1590. The molecule has 0 spiro atoms. The fourth-order valence-corrected chi connectivity index (χ4v) is 4.78. The summed E-state index contributed by atoms with van der Waals surface area (Å²) in [4.78, 5) is 28.0. The third kappa shape index (κ3) is 6.41. The first-order valence-corrected chi connectivity index (χ1v) is 13.4. The molecule has 0 saturated heterocycles. The number of para-hydroxylation sites is 2. The van der Waals surface area contributed by atoms with Gasteiger partial charge in [0.1, 0.15) is 11.5 Å². The van der Waals surface area contributed by atoms with Gasteiger partial charge in [0.05, 0.1) is 26.5 Å². The van der Waals surface area contributed by atoms with Gasteiger partial charge in [0.15, 0.2) is 11.5 Å². The molecule has 4 aromatic carbocycles. The summed E-state index contributed by atoms with van der Waals surface area (Å²) in [5, 5.41) is 2.95. The minimum Gasteiger partial charge on any atom is -0.497 e. The Morgan fingerprint density at radius 2 is 1.73 bits per heavy atom. The molecule has 0 aliphatic carbocycles. The minimum absolute atomic E-state index is 0.186. The zero-order valence-electron chi connectivity index (χ0n) is 23.3. The molecule has 0 fully saturated rings. The van der Waals surface area contributed by atoms with E-state index in [2.05, 4.69) is 11.4 Å². The van der Waals surface area contributed by atoms with Crippen molar-refractivity contribution < 1.29 is 23.8 Å². The van der Waals surface area contributed by atoms with E-state index in [1.807, 2.05) is 67.6 Å². The van der Waals surface area contributed by atoms with Gasteiger partial charge in [-0.2, -0.15) is 0 Å². The van der Waals surface area contributed by atoms with Crippen LogP contribution in [0.15, 0.2) is 96.8 Å². The lowest BCUT2D eigenvalue weighted by atomic mass is 10.1. The van der Waals surface area contributed by atoms with Crippen molar-refractivity contribution in [2.75, 3.05) is 25.7 Å². The Labute approximate surface area is 240 Å². The quantitative estimate of drug-likeness (QED) is 0.262. The van der Waals surface area contributed by atoms with Crippen molar-refractivity contribution in [2.45, 2.75) is 19.9 Å². The third-order valence-corrected chi connectivity index (χ3v) is 6.89. The SMILES string of the molecule is COc1ccc(OC)c(CCNC(=O)c2ccc(C=C3Oc4ccccc4N(Cc4cccc(C)c4)C3=O)cc2)c1. The molecule has 1 aliphatic heterocycles. The Kier molecular flexibility index (Phi) is 8.34. The predicted octanol–water partition coefficient (Wildman–Crippen LogP) is 5.95. The van der Waals surface area contributed by atoms with Crippen LogP contribution in [0.3, 0.4) is 0 Å². The highest BCUT2D eigenvalue weighted by molar-refractivity contribution is 6.09. The van der Waals surface area contributed by atoms with Crippen LogP contribution in [0.4, 0.5) is 5.69 Å². The van der Waals surface area contributed by atoms with Crippen LogP contribution in [0.1, 0.15) is 32.6 Å². The van der Waals surface area contributed by atoms with Crippen molar-refractivity contribution in [2.24, 2.45) is 0 Å². The molecule has 0 aromatic heterocycles. The summed E-state index contributed by atoms with van der Waals surface area (Å²) < 4.78 is 16.7. The van der Waals surface area contributed by atoms with Crippen molar-refractivity contribution in [3.63, 3.8) is 0 Å². The van der Waals surface area contributed by atoms with Gasteiger partial charge in [-0.15, -0.1) is 0 Å². The third-order valence-electron chi connectivity index (χ3n) is 6.89. The molecular formula is C34H32N2O5. The molecule has 0 unspecified atom stereocenters. The number of carbonyl (C=O) groups is 2. The Hall–Kier alpha value is -5.04. The summed E-state index contributed by atoms with van der Waals surface area (Å²) in [7, 11) is 3.23. The van der Waals surface area contributed by atoms with E-state index in [9.17, 15) is 9.59 Å². The van der Waals surface area contributed by atoms with E-state index >= 15 is 0 Å². The van der Waals surface area contributed by atoms with Crippen LogP contribution in [0, 0.1) is 6.92 Å². The van der Waals surface area contributed by atoms with Crippen molar-refractivity contribution in [3.05, 3.63) is 125 Å². The van der Waals surface area contributed by atoms with E-state index in [1.54, 1.807) is 49.5 Å². The van der Waals surface area contributed by atoms with E-state index in [-0.39, 0.29) is 17.6 Å². The Balaban J connectivity index is 1.27. The lowest BCUT2D eigenvalue weighted by molar-refractivity contribution is -0.117. The number of methoxy groups -OCH3 is 2. The normalized spacial score (nSPS) is 13.4. The van der Waals surface area contributed by atoms with Crippen molar-refractivity contribution in [1.82, 2.24) is 5.32 Å². The second-order valence-corrected chi connectivity index (χ2v) is 9.76. The first kappa shape index (κ1) is 27.5. The minimum atomic E-state index is -0.222. The molecule has 0 saturated carbocycles. The van der Waals surface area contributed by atoms with Crippen LogP contribution in [0.25, 0.3) is 6.08 Å². The molecule has 7 nitrogen and oxygen atoms in total. The number of amides is 2. The van der Waals surface area contributed by atoms with Gasteiger partial charge in [-0.25, -0.2) is 0 Å². The van der Waals surface area contributed by atoms with E-state index in [1.165, 1.54) is 0 Å². The maximum atomic E-state index is 13.5. The maximum absolute atomic E-state index is 13.5. The second-order valence-electron chi connectivity index (χ2n) is 9.76. The predicted molar refractivity (Wildman–Crippen MR) is 159 cm³/mol. The standard InChI is InChI=1S/C34H32N2O5/c1-23-7-6-8-25(19-23)22-36-29-9-4-5-10-31(29)41-32(34(36)38)20-24-11-13-26(14-12-24)33(37)35-18-17-27-21-28(39-2)15-16-30(27)40-3/h4-16,19-21H,17-18,22H2,1-3H3,(H,35,37). The van der Waals surface area contributed by atoms with Gasteiger partial charge in [-0.3, -0.25) is 14.5 Å². The summed E-state index contributed by atoms with van der Waals surface area (Å²) >= 11 is 0. The summed E-state index contributed by atoms with van der Waals surface area (Å²) in [6.45, 7) is 2.90. The lowest BCUT2D eigenvalue weighted by Gasteiger charge is -2.30. The van der Waals surface area contributed by atoms with Gasteiger partial charge in [-0.1, -0.05) is 54.1 Å². The molecule has 208 valence electrons. The molecular weight excluding hydrogens is 516 g/mol. The number of hydrogen-bond acceptors (Lipinski definition) is 5. The number of aryl methyl sites for hydroxylation is 1. The molecule has 7 heteroatoms. The van der Waals surface area contributed by atoms with Crippen LogP contribution < -0.4 is 24.4 Å². The Morgan fingerprint density at radius 3 is 2.49 bits per heavy atom. The zero-order valence-corrected chi connectivity index (χ0v) is 23.3. The number of nitrogens with zero attached hydrogens (tertiary/aromatic N) is 1. The molecule has 0 bridgehead atoms. The zero-order chi connectivity index (χ0) is 28.8. The van der Waals surface area contributed by atoms with Crippen LogP contribution in [0.2, 0.25) is 0 Å². The maximum Gasteiger partial charge on any atom is 0.294 e. The van der Waals surface area contributed by atoms with Gasteiger partial charge >= 0.3 is 0 Å². The largest absolute Gasteiger partial charge is 0.497 e. The van der Waals surface area contributed by atoms with Gasteiger partial charge in [0.25, 0.3) is 11.8 Å². The van der Waals surface area contributed by atoms with E-state index in [0.29, 0.717) is 30.8 Å². The summed E-state index contributed by atoms with van der Waals surface area (Å²) in [6, 6.07) is 28.3. The number of fused-ring (bicyclic) bond motifs is 1. The summed E-state index contributed by atoms with van der Waals surface area (Å²) in [6.07, 6.45) is 2.30. The molecule has 0 radical (unpaired) electrons. The average Bonchev–Trinajstić information content (AvgIpc) is 2.99. The highest BCUT2D eigenvalue weighted by atomic mass is 16.5. The number of rotatable bonds is 9. The fourth-order valence-electron chi connectivity index (χ4n) is 4.78. The molecule has 5 rings (SSSR count). The van der Waals surface area contributed by atoms with Crippen molar-refractivity contribution in [3.8, 4) is 17.2 Å². The van der Waals surface area contributed by atoms with Crippen LogP contribution in [0.5, 0.6) is 17.2 Å². The summed E-state index contributed by atoms with van der Waals surface area (Å²) in [5.41, 5.74) is 5.12. The number of hydrogen-bond donors (Lipinski definition) is 1. The molecule has 2 amide bonds. The summed E-state index contributed by atoms with van der Waals surface area (Å²) in [5.74, 6) is 1.92. The van der Waals surface area contributed by atoms with E-state index < -0.39 is 0 Å². The van der Waals surface area contributed by atoms with Gasteiger partial charge < -0.3 is 19.5 Å². The monoisotopic (exact) mass is 548 g/mol. The van der Waals surface area contributed by atoms with Crippen LogP contribution >= 0.6 is 0 Å². The molecule has 41 heavy (non-hydrogen) atoms. The first-order chi connectivity index (χ1) is 19.9. The fraction of sp³-hybridized carbons (Fsp3) is 0.176. The number of nitrogens with one attached hydrogen (secondary N) is 1.